The summed E-state index contributed by atoms with van der Waals surface area (Å²) in [5.41, 5.74) is 2.65. The van der Waals surface area contributed by atoms with Crippen molar-refractivity contribution in [1.82, 2.24) is 20.1 Å². The van der Waals surface area contributed by atoms with Gasteiger partial charge in [-0.3, -0.25) is 19.2 Å². The minimum Gasteiger partial charge on any atom is -0.339 e. The van der Waals surface area contributed by atoms with Crippen molar-refractivity contribution >= 4 is 17.6 Å². The fourth-order valence-corrected chi connectivity index (χ4v) is 3.68. The molecule has 1 aliphatic rings. The standard InChI is InChI=1S/C22H22FN5O2/c1-14-5-3-6-15(11-14)12-28-13-17(23)19(26-28)21(29)25-18-9-8-16-7-4-10-24-20(16)27(2)22(18)30/h3-7,10-11,13,18H,8-9,12H2,1-2H3,(H,25,29)/t18-/m0/s1. The molecular weight excluding hydrogens is 385 g/mol. The molecule has 0 radical (unpaired) electrons. The highest BCUT2D eigenvalue weighted by molar-refractivity contribution is 6.01. The fraction of sp³-hybridized carbons (Fsp3) is 0.273. The Labute approximate surface area is 173 Å². The molecule has 7 nitrogen and oxygen atoms in total. The number of amides is 2. The predicted molar refractivity (Wildman–Crippen MR) is 110 cm³/mol. The van der Waals surface area contributed by atoms with Crippen molar-refractivity contribution in [2.45, 2.75) is 32.4 Å². The zero-order valence-electron chi connectivity index (χ0n) is 16.8. The molecule has 3 aromatic rings. The van der Waals surface area contributed by atoms with Gasteiger partial charge in [-0.2, -0.15) is 5.10 Å². The third-order valence-corrected chi connectivity index (χ3v) is 5.18. The molecule has 0 fully saturated rings. The van der Waals surface area contributed by atoms with Crippen LogP contribution >= 0.6 is 0 Å². The Hall–Kier alpha value is -3.55. The Bertz CT molecular complexity index is 1110. The van der Waals surface area contributed by atoms with E-state index in [0.717, 1.165) is 16.7 Å². The molecule has 1 atom stereocenters. The van der Waals surface area contributed by atoms with Crippen LogP contribution in [0.5, 0.6) is 0 Å². The van der Waals surface area contributed by atoms with Gasteiger partial charge in [0, 0.05) is 13.2 Å². The number of rotatable bonds is 4. The van der Waals surface area contributed by atoms with Crippen LogP contribution in [0.1, 0.15) is 33.6 Å². The van der Waals surface area contributed by atoms with E-state index in [2.05, 4.69) is 15.4 Å². The number of aromatic nitrogens is 3. The first-order chi connectivity index (χ1) is 14.4. The van der Waals surface area contributed by atoms with E-state index >= 15 is 0 Å². The van der Waals surface area contributed by atoms with Crippen molar-refractivity contribution in [3.63, 3.8) is 0 Å². The highest BCUT2D eigenvalue weighted by Crippen LogP contribution is 2.23. The van der Waals surface area contributed by atoms with Crippen LogP contribution in [-0.4, -0.2) is 39.7 Å². The molecule has 2 amide bonds. The van der Waals surface area contributed by atoms with E-state index in [1.165, 1.54) is 15.8 Å². The number of anilines is 1. The summed E-state index contributed by atoms with van der Waals surface area (Å²) in [6.07, 6.45) is 3.80. The van der Waals surface area contributed by atoms with E-state index in [1.54, 1.807) is 13.2 Å². The van der Waals surface area contributed by atoms with E-state index in [4.69, 9.17) is 0 Å². The summed E-state index contributed by atoms with van der Waals surface area (Å²) in [6.45, 7) is 2.32. The van der Waals surface area contributed by atoms with Gasteiger partial charge in [0.15, 0.2) is 11.5 Å². The van der Waals surface area contributed by atoms with Gasteiger partial charge in [-0.15, -0.1) is 0 Å². The molecule has 1 aromatic carbocycles. The Morgan fingerprint density at radius 1 is 1.30 bits per heavy atom. The topological polar surface area (TPSA) is 80.1 Å². The minimum absolute atomic E-state index is 0.291. The van der Waals surface area contributed by atoms with Crippen molar-refractivity contribution < 1.29 is 14.0 Å². The molecule has 0 saturated carbocycles. The van der Waals surface area contributed by atoms with Crippen molar-refractivity contribution in [1.29, 1.82) is 0 Å². The maximum absolute atomic E-state index is 14.4. The molecule has 0 bridgehead atoms. The maximum Gasteiger partial charge on any atom is 0.275 e. The second-order valence-electron chi connectivity index (χ2n) is 7.46. The normalized spacial score (nSPS) is 16.2. The zero-order valence-corrected chi connectivity index (χ0v) is 16.8. The van der Waals surface area contributed by atoms with Crippen molar-refractivity contribution in [3.8, 4) is 0 Å². The van der Waals surface area contributed by atoms with Gasteiger partial charge in [0.2, 0.25) is 5.91 Å². The monoisotopic (exact) mass is 407 g/mol. The van der Waals surface area contributed by atoms with Crippen LogP contribution in [0.2, 0.25) is 0 Å². The van der Waals surface area contributed by atoms with E-state index in [9.17, 15) is 14.0 Å². The number of carbonyl (C=O) groups excluding carboxylic acids is 2. The van der Waals surface area contributed by atoms with Crippen LogP contribution in [0.4, 0.5) is 10.2 Å². The number of aryl methyl sites for hydroxylation is 2. The van der Waals surface area contributed by atoms with Crippen LogP contribution < -0.4 is 10.2 Å². The van der Waals surface area contributed by atoms with Gasteiger partial charge in [-0.1, -0.05) is 35.9 Å². The number of nitrogens with one attached hydrogen (secondary N) is 1. The number of hydrogen-bond donors (Lipinski definition) is 1. The van der Waals surface area contributed by atoms with Crippen LogP contribution in [0.15, 0.2) is 48.8 Å². The van der Waals surface area contributed by atoms with Crippen LogP contribution in [0.25, 0.3) is 0 Å². The number of likely N-dealkylation sites (N-methyl/N-ethyl adjacent to an activating group) is 1. The van der Waals surface area contributed by atoms with Gasteiger partial charge in [0.25, 0.3) is 5.91 Å². The lowest BCUT2D eigenvalue weighted by molar-refractivity contribution is -0.120. The second kappa shape index (κ2) is 8.06. The zero-order chi connectivity index (χ0) is 21.3. The number of fused-ring (bicyclic) bond motifs is 1. The maximum atomic E-state index is 14.4. The van der Waals surface area contributed by atoms with Gasteiger partial charge < -0.3 is 5.32 Å². The summed E-state index contributed by atoms with van der Waals surface area (Å²) in [5.74, 6) is -1.14. The van der Waals surface area contributed by atoms with Crippen molar-refractivity contribution in [2.24, 2.45) is 0 Å². The van der Waals surface area contributed by atoms with Gasteiger partial charge in [0.05, 0.1) is 12.7 Å². The van der Waals surface area contributed by atoms with E-state index < -0.39 is 17.8 Å². The predicted octanol–water partition coefficient (Wildman–Crippen LogP) is 2.48. The summed E-state index contributed by atoms with van der Waals surface area (Å²) < 4.78 is 15.8. The van der Waals surface area contributed by atoms with Crippen LogP contribution in [0.3, 0.4) is 0 Å². The van der Waals surface area contributed by atoms with Crippen LogP contribution in [0, 0.1) is 12.7 Å². The number of nitrogens with zero attached hydrogens (tertiary/aromatic N) is 4. The third-order valence-electron chi connectivity index (χ3n) is 5.18. The first kappa shape index (κ1) is 19.8. The summed E-state index contributed by atoms with van der Waals surface area (Å²) >= 11 is 0. The summed E-state index contributed by atoms with van der Waals surface area (Å²) in [4.78, 5) is 31.2. The molecule has 30 heavy (non-hydrogen) atoms. The molecule has 4 rings (SSSR count). The lowest BCUT2D eigenvalue weighted by atomic mass is 10.1. The summed E-state index contributed by atoms with van der Waals surface area (Å²) in [6, 6.07) is 10.7. The average Bonchev–Trinajstić information content (AvgIpc) is 3.04. The summed E-state index contributed by atoms with van der Waals surface area (Å²) in [7, 11) is 1.62. The lowest BCUT2D eigenvalue weighted by Crippen LogP contribution is -2.47. The molecule has 2 aromatic heterocycles. The first-order valence-electron chi connectivity index (χ1n) is 9.73. The Balaban J connectivity index is 1.49. The molecule has 0 saturated heterocycles. The smallest absolute Gasteiger partial charge is 0.275 e. The van der Waals surface area contributed by atoms with Gasteiger partial charge >= 0.3 is 0 Å². The lowest BCUT2D eigenvalue weighted by Gasteiger charge is -2.20. The quantitative estimate of drug-likeness (QED) is 0.721. The highest BCUT2D eigenvalue weighted by atomic mass is 19.1. The van der Waals surface area contributed by atoms with Gasteiger partial charge in [-0.05, 0) is 37.0 Å². The molecule has 8 heteroatoms. The molecule has 0 aliphatic carbocycles. The van der Waals surface area contributed by atoms with E-state index in [1.807, 2.05) is 43.3 Å². The van der Waals surface area contributed by atoms with E-state index in [0.29, 0.717) is 25.2 Å². The first-order valence-corrected chi connectivity index (χ1v) is 9.73. The molecule has 0 spiro atoms. The van der Waals surface area contributed by atoms with Crippen molar-refractivity contribution in [3.05, 3.63) is 77.0 Å². The minimum atomic E-state index is -0.780. The largest absolute Gasteiger partial charge is 0.339 e. The van der Waals surface area contributed by atoms with Crippen LogP contribution in [-0.2, 0) is 17.8 Å². The number of hydrogen-bond acceptors (Lipinski definition) is 4. The number of pyridine rings is 1. The Morgan fingerprint density at radius 2 is 2.13 bits per heavy atom. The molecule has 3 heterocycles. The van der Waals surface area contributed by atoms with E-state index in [-0.39, 0.29) is 11.6 Å². The number of carbonyl (C=O) groups is 2. The molecule has 154 valence electrons. The summed E-state index contributed by atoms with van der Waals surface area (Å²) in [5, 5.41) is 6.74. The Morgan fingerprint density at radius 3 is 2.93 bits per heavy atom. The second-order valence-corrected chi connectivity index (χ2v) is 7.46. The SMILES string of the molecule is Cc1cccc(Cn2cc(F)c(C(=O)N[C@H]3CCc4cccnc4N(C)C3=O)n2)c1. The number of halogens is 1. The van der Waals surface area contributed by atoms with Gasteiger partial charge in [0.1, 0.15) is 11.9 Å². The highest BCUT2D eigenvalue weighted by Gasteiger charge is 2.31. The van der Waals surface area contributed by atoms with Crippen molar-refractivity contribution in [2.75, 3.05) is 11.9 Å². The third kappa shape index (κ3) is 3.94. The van der Waals surface area contributed by atoms with Gasteiger partial charge in [-0.25, -0.2) is 9.37 Å². The molecule has 0 unspecified atom stereocenters. The Kier molecular flexibility index (Phi) is 5.31. The average molecular weight is 407 g/mol. The molecular formula is C22H22FN5O2. The fourth-order valence-electron chi connectivity index (χ4n) is 3.68. The molecule has 1 N–H and O–H groups in total. The number of benzene rings is 1. The molecule has 1 aliphatic heterocycles.